The largest absolute Gasteiger partial charge is 0.369 e. The monoisotopic (exact) mass is 833 g/mol. The minimum absolute atomic E-state index is 0. The van der Waals surface area contributed by atoms with Crippen molar-refractivity contribution >= 4 is 5.69 Å². The molecule has 348 valence electrons. The number of piperidine rings is 2. The standard InChI is InChI=1S/2C12H17N.2C8H17N.C7H8.4C2H6.CH4/c1-10(2)13-9-5-7-11-6-3-4-8-12(11)13;1-10(2)13-8-7-11-5-3-4-6-12(11)9-13;2*1-8(2)9-6-4-3-5-7-9;1-7-5-3-2-4-6-7;4*1-2;/h3-4,6,8,10H,5,7,9H2,1-2H3;3-6,10H,7-9H2,1-2H3;2*8H,3-7H2,1-2H3;2-6H,1H3;4*1-2H3;1H4. The summed E-state index contributed by atoms with van der Waals surface area (Å²) < 4.78 is 0. The Balaban J connectivity index is -0.000000655. The number of anilines is 1. The van der Waals surface area contributed by atoms with E-state index in [0.717, 1.165) is 18.6 Å². The second-order valence-electron chi connectivity index (χ2n) is 16.1. The van der Waals surface area contributed by atoms with Crippen LogP contribution in [0.2, 0.25) is 0 Å². The van der Waals surface area contributed by atoms with Crippen LogP contribution in [-0.2, 0) is 19.4 Å². The number of benzene rings is 3. The number of fused-ring (bicyclic) bond motifs is 2. The molecule has 0 radical (unpaired) electrons. The van der Waals surface area contributed by atoms with E-state index in [-0.39, 0.29) is 7.43 Å². The number of rotatable bonds is 4. The van der Waals surface area contributed by atoms with Crippen LogP contribution in [0, 0.1) is 6.92 Å². The Morgan fingerprint density at radius 2 is 0.767 bits per heavy atom. The molecular formula is C56H104N4. The zero-order valence-electron chi connectivity index (χ0n) is 42.4. The number of hydrogen-bond donors (Lipinski definition) is 0. The summed E-state index contributed by atoms with van der Waals surface area (Å²) in [5.74, 6) is 0. The molecule has 60 heavy (non-hydrogen) atoms. The Kier molecular flexibility index (Phi) is 41.5. The Hall–Kier alpha value is -2.66. The van der Waals surface area contributed by atoms with E-state index in [0.29, 0.717) is 12.1 Å². The minimum Gasteiger partial charge on any atom is -0.369 e. The third-order valence-corrected chi connectivity index (χ3v) is 10.8. The maximum Gasteiger partial charge on any atom is 0.0401 e. The molecule has 7 rings (SSSR count). The van der Waals surface area contributed by atoms with Crippen molar-refractivity contribution in [1.29, 1.82) is 0 Å². The summed E-state index contributed by atoms with van der Waals surface area (Å²) in [4.78, 5) is 10.1. The quantitative estimate of drug-likeness (QED) is 0.260. The average molecular weight is 833 g/mol. The van der Waals surface area contributed by atoms with Gasteiger partial charge >= 0.3 is 0 Å². The van der Waals surface area contributed by atoms with Crippen LogP contribution in [0.1, 0.15) is 185 Å². The Bertz CT molecular complexity index is 1280. The van der Waals surface area contributed by atoms with Gasteiger partial charge in [-0.3, -0.25) is 4.90 Å². The van der Waals surface area contributed by atoms with Crippen molar-refractivity contribution in [3.05, 3.63) is 101 Å². The summed E-state index contributed by atoms with van der Waals surface area (Å²) in [7, 11) is 0. The van der Waals surface area contributed by atoms with Crippen LogP contribution in [0.25, 0.3) is 0 Å². The van der Waals surface area contributed by atoms with Crippen LogP contribution in [0.5, 0.6) is 0 Å². The molecule has 0 unspecified atom stereocenters. The highest BCUT2D eigenvalue weighted by Gasteiger charge is 2.19. The third kappa shape index (κ3) is 26.6. The average Bonchev–Trinajstić information content (AvgIpc) is 3.30. The highest BCUT2D eigenvalue weighted by atomic mass is 15.2. The molecule has 0 spiro atoms. The van der Waals surface area contributed by atoms with E-state index in [2.05, 4.69) is 143 Å². The van der Waals surface area contributed by atoms with E-state index >= 15 is 0 Å². The van der Waals surface area contributed by atoms with Gasteiger partial charge in [0.2, 0.25) is 0 Å². The lowest BCUT2D eigenvalue weighted by atomic mass is 9.99. The third-order valence-electron chi connectivity index (χ3n) is 10.8. The summed E-state index contributed by atoms with van der Waals surface area (Å²) >= 11 is 0. The predicted octanol–water partition coefficient (Wildman–Crippen LogP) is 15.8. The van der Waals surface area contributed by atoms with Gasteiger partial charge < -0.3 is 14.7 Å². The normalized spacial score (nSPS) is 15.6. The van der Waals surface area contributed by atoms with Crippen molar-refractivity contribution in [1.82, 2.24) is 14.7 Å². The molecule has 4 heteroatoms. The summed E-state index contributed by atoms with van der Waals surface area (Å²) in [6.45, 7) is 45.2. The van der Waals surface area contributed by atoms with Crippen molar-refractivity contribution in [2.45, 2.75) is 214 Å². The Morgan fingerprint density at radius 3 is 1.15 bits per heavy atom. The van der Waals surface area contributed by atoms with Gasteiger partial charge in [-0.15, -0.1) is 0 Å². The van der Waals surface area contributed by atoms with Crippen LogP contribution < -0.4 is 4.90 Å². The number of aryl methyl sites for hydroxylation is 2. The number of nitrogens with zero attached hydrogens (tertiary/aromatic N) is 4. The van der Waals surface area contributed by atoms with Crippen molar-refractivity contribution in [3.8, 4) is 0 Å². The zero-order valence-corrected chi connectivity index (χ0v) is 42.4. The van der Waals surface area contributed by atoms with Crippen molar-refractivity contribution in [3.63, 3.8) is 0 Å². The summed E-state index contributed by atoms with van der Waals surface area (Å²) in [5, 5.41) is 0. The van der Waals surface area contributed by atoms with Crippen LogP contribution in [-0.4, -0.2) is 78.1 Å². The van der Waals surface area contributed by atoms with Gasteiger partial charge in [-0.05, 0) is 156 Å². The molecule has 4 nitrogen and oxygen atoms in total. The maximum absolute atomic E-state index is 2.56. The molecule has 0 saturated carbocycles. The first-order valence-electron chi connectivity index (χ1n) is 24.7. The predicted molar refractivity (Wildman–Crippen MR) is 277 cm³/mol. The molecule has 0 amide bonds. The smallest absolute Gasteiger partial charge is 0.0401 e. The van der Waals surface area contributed by atoms with Gasteiger partial charge in [0.05, 0.1) is 0 Å². The number of para-hydroxylation sites is 1. The highest BCUT2D eigenvalue weighted by Crippen LogP contribution is 2.28. The molecular weight excluding hydrogens is 729 g/mol. The fraction of sp³-hybridized carbons (Fsp3) is 0.679. The lowest BCUT2D eigenvalue weighted by Gasteiger charge is -2.34. The first kappa shape index (κ1) is 61.6. The topological polar surface area (TPSA) is 13.0 Å². The fourth-order valence-electron chi connectivity index (χ4n) is 7.46. The van der Waals surface area contributed by atoms with Gasteiger partial charge in [0, 0.05) is 49.5 Å². The van der Waals surface area contributed by atoms with Gasteiger partial charge in [-0.25, -0.2) is 0 Å². The first-order valence-corrected chi connectivity index (χ1v) is 24.7. The van der Waals surface area contributed by atoms with E-state index in [1.165, 1.54) is 119 Å². The lowest BCUT2D eigenvalue weighted by Crippen LogP contribution is -2.35. The summed E-state index contributed by atoms with van der Waals surface area (Å²) in [6, 6.07) is 30.7. The molecule has 0 N–H and O–H groups in total. The second-order valence-corrected chi connectivity index (χ2v) is 16.1. The van der Waals surface area contributed by atoms with Gasteiger partial charge in [0.1, 0.15) is 0 Å². The van der Waals surface area contributed by atoms with E-state index < -0.39 is 0 Å². The maximum atomic E-state index is 2.56. The molecule has 3 aromatic carbocycles. The van der Waals surface area contributed by atoms with Gasteiger partial charge in [-0.2, -0.15) is 0 Å². The fourth-order valence-corrected chi connectivity index (χ4v) is 7.46. The molecule has 4 heterocycles. The van der Waals surface area contributed by atoms with E-state index in [4.69, 9.17) is 0 Å². The van der Waals surface area contributed by atoms with Crippen molar-refractivity contribution in [2.75, 3.05) is 44.2 Å². The molecule has 3 aromatic rings. The lowest BCUT2D eigenvalue weighted by molar-refractivity contribution is 0.185. The van der Waals surface area contributed by atoms with Gasteiger partial charge in [-0.1, -0.05) is 154 Å². The van der Waals surface area contributed by atoms with E-state index in [1.54, 1.807) is 5.56 Å². The van der Waals surface area contributed by atoms with Crippen molar-refractivity contribution < 1.29 is 0 Å². The van der Waals surface area contributed by atoms with E-state index in [1.807, 2.05) is 73.6 Å². The van der Waals surface area contributed by atoms with Crippen LogP contribution in [0.3, 0.4) is 0 Å². The zero-order chi connectivity index (χ0) is 45.0. The van der Waals surface area contributed by atoms with Crippen molar-refractivity contribution in [2.24, 2.45) is 0 Å². The molecule has 2 fully saturated rings. The Morgan fingerprint density at radius 1 is 0.367 bits per heavy atom. The summed E-state index contributed by atoms with van der Waals surface area (Å²) in [6.07, 6.45) is 12.3. The van der Waals surface area contributed by atoms with Gasteiger partial charge in [0.25, 0.3) is 0 Å². The van der Waals surface area contributed by atoms with E-state index in [9.17, 15) is 0 Å². The molecule has 4 aliphatic heterocycles. The molecule has 0 bridgehead atoms. The molecule has 0 aromatic heterocycles. The summed E-state index contributed by atoms with van der Waals surface area (Å²) in [5.41, 5.74) is 7.34. The second kappa shape index (κ2) is 40.4. The minimum atomic E-state index is 0. The molecule has 2 saturated heterocycles. The van der Waals surface area contributed by atoms with Gasteiger partial charge in [0.15, 0.2) is 0 Å². The van der Waals surface area contributed by atoms with Crippen LogP contribution in [0.4, 0.5) is 5.69 Å². The first-order chi connectivity index (χ1) is 28.6. The Labute approximate surface area is 377 Å². The molecule has 0 atom stereocenters. The highest BCUT2D eigenvalue weighted by molar-refractivity contribution is 5.55. The van der Waals surface area contributed by atoms with Crippen LogP contribution in [0.15, 0.2) is 78.9 Å². The number of hydrogen-bond acceptors (Lipinski definition) is 4. The number of likely N-dealkylation sites (tertiary alicyclic amines) is 2. The molecule has 0 aliphatic carbocycles. The molecule has 4 aliphatic rings. The van der Waals surface area contributed by atoms with Crippen LogP contribution >= 0.6 is 0 Å². The SMILES string of the molecule is C.CC.CC.CC.CC.CC(C)N1CCCCC1.CC(C)N1CCCCC1.CC(C)N1CCCc2ccccc21.CC(C)N1CCc2ccccc2C1.Cc1ccccc1.